The van der Waals surface area contributed by atoms with Crippen LogP contribution in [0.4, 0.5) is 0 Å². The molecule has 25 heavy (non-hydrogen) atoms. The first-order valence-electron chi connectivity index (χ1n) is 8.40. The lowest BCUT2D eigenvalue weighted by Crippen LogP contribution is -2.11. The maximum absolute atomic E-state index is 12.3. The second kappa shape index (κ2) is 8.39. The molecule has 2 nitrogen and oxygen atoms in total. The molecule has 0 amide bonds. The number of esters is 1. The van der Waals surface area contributed by atoms with E-state index in [1.54, 1.807) is 18.2 Å². The summed E-state index contributed by atoms with van der Waals surface area (Å²) in [5, 5.41) is 0.427. The van der Waals surface area contributed by atoms with Gasteiger partial charge >= 0.3 is 5.97 Å². The number of carbonyl (C=O) groups excluding carboxylic acids is 1. The van der Waals surface area contributed by atoms with Crippen molar-refractivity contribution in [2.75, 3.05) is 6.26 Å². The first-order valence-corrected chi connectivity index (χ1v) is 9.68. The molecular formula is C22H26O2S. The zero-order valence-electron chi connectivity index (χ0n) is 15.4. The summed E-state index contributed by atoms with van der Waals surface area (Å²) in [4.78, 5) is 12.3. The van der Waals surface area contributed by atoms with E-state index in [-0.39, 0.29) is 11.4 Å². The summed E-state index contributed by atoms with van der Waals surface area (Å²) in [7, 11) is 0. The van der Waals surface area contributed by atoms with Crippen molar-refractivity contribution in [3.63, 3.8) is 0 Å². The molecule has 2 rings (SSSR count). The van der Waals surface area contributed by atoms with E-state index >= 15 is 0 Å². The summed E-state index contributed by atoms with van der Waals surface area (Å²) in [6, 6.07) is 15.0. The smallest absolute Gasteiger partial charge is 0.343 e. The van der Waals surface area contributed by atoms with Crippen LogP contribution in [0.15, 0.2) is 55.1 Å². The van der Waals surface area contributed by atoms with E-state index < -0.39 is 0 Å². The predicted octanol–water partition coefficient (Wildman–Crippen LogP) is 6.39. The minimum absolute atomic E-state index is 0.267. The summed E-state index contributed by atoms with van der Waals surface area (Å²) in [5.74, 6) is 0.198. The Kier molecular flexibility index (Phi) is 6.49. The van der Waals surface area contributed by atoms with Gasteiger partial charge in [0, 0.05) is 5.25 Å². The summed E-state index contributed by atoms with van der Waals surface area (Å²) in [6.07, 6.45) is 4.98. The van der Waals surface area contributed by atoms with Gasteiger partial charge in [0.2, 0.25) is 0 Å². The van der Waals surface area contributed by atoms with Gasteiger partial charge in [0.15, 0.2) is 0 Å². The fourth-order valence-electron chi connectivity index (χ4n) is 2.57. The molecule has 2 aromatic rings. The van der Waals surface area contributed by atoms with Gasteiger partial charge in [-0.25, -0.2) is 4.79 Å². The van der Waals surface area contributed by atoms with Gasteiger partial charge in [-0.15, -0.1) is 0 Å². The first kappa shape index (κ1) is 19.3. The zero-order chi connectivity index (χ0) is 18.4. The third kappa shape index (κ3) is 5.79. The molecule has 0 aliphatic rings. The van der Waals surface area contributed by atoms with Gasteiger partial charge in [-0.1, -0.05) is 57.7 Å². The molecular weight excluding hydrogens is 328 g/mol. The Labute approximate surface area is 155 Å². The molecule has 0 spiro atoms. The normalized spacial score (nSPS) is 12.5. The molecule has 0 fully saturated rings. The monoisotopic (exact) mass is 354 g/mol. The van der Waals surface area contributed by atoms with Gasteiger partial charge in [-0.05, 0) is 53.5 Å². The minimum atomic E-state index is -0.338. The first-order chi connectivity index (χ1) is 11.8. The molecule has 0 saturated heterocycles. The molecule has 2 aromatic carbocycles. The number of rotatable bonds is 6. The van der Waals surface area contributed by atoms with Crippen LogP contribution < -0.4 is 4.74 Å². The number of hydrogen-bond donors (Lipinski definition) is 0. The molecule has 0 bridgehead atoms. The van der Waals surface area contributed by atoms with E-state index in [9.17, 15) is 4.79 Å². The summed E-state index contributed by atoms with van der Waals surface area (Å²) in [6.45, 7) is 10.5. The summed E-state index contributed by atoms with van der Waals surface area (Å²) in [5.41, 5.74) is 3.07. The van der Waals surface area contributed by atoms with Crippen LogP contribution in [0.2, 0.25) is 0 Å². The van der Waals surface area contributed by atoms with Crippen LogP contribution in [0.25, 0.3) is 6.08 Å². The van der Waals surface area contributed by atoms with Crippen molar-refractivity contribution >= 4 is 23.8 Å². The van der Waals surface area contributed by atoms with Crippen molar-refractivity contribution in [2.45, 2.75) is 32.4 Å². The largest absolute Gasteiger partial charge is 0.423 e. The standard InChI is InChI=1S/C22H26O2S/c1-6-16-7-13-19(14-8-16)24-21(23)18-11-9-17(10-12-18)20(25-5)15-22(2,3)4/h6-14,20H,1,15H2,2-5H3. The highest BCUT2D eigenvalue weighted by atomic mass is 32.2. The molecule has 132 valence electrons. The average Bonchev–Trinajstić information content (AvgIpc) is 2.59. The number of carbonyl (C=O) groups is 1. The van der Waals surface area contributed by atoms with E-state index in [1.807, 2.05) is 48.2 Å². The molecule has 1 unspecified atom stereocenters. The lowest BCUT2D eigenvalue weighted by atomic mass is 9.88. The number of thioether (sulfide) groups is 1. The summed E-state index contributed by atoms with van der Waals surface area (Å²) < 4.78 is 5.43. The Balaban J connectivity index is 2.07. The molecule has 0 aliphatic carbocycles. The maximum atomic E-state index is 12.3. The highest BCUT2D eigenvalue weighted by Crippen LogP contribution is 2.37. The average molecular weight is 355 g/mol. The lowest BCUT2D eigenvalue weighted by Gasteiger charge is -2.25. The lowest BCUT2D eigenvalue weighted by molar-refractivity contribution is 0.0734. The third-order valence-corrected chi connectivity index (χ3v) is 4.93. The third-order valence-electron chi connectivity index (χ3n) is 3.93. The molecule has 0 saturated carbocycles. The fraction of sp³-hybridized carbons (Fsp3) is 0.318. The van der Waals surface area contributed by atoms with E-state index in [1.165, 1.54) is 5.56 Å². The Morgan fingerprint density at radius 1 is 1.12 bits per heavy atom. The van der Waals surface area contributed by atoms with Crippen molar-refractivity contribution < 1.29 is 9.53 Å². The molecule has 0 aromatic heterocycles. The quantitative estimate of drug-likeness (QED) is 0.444. The fourth-order valence-corrected chi connectivity index (χ4v) is 3.66. The van der Waals surface area contributed by atoms with E-state index in [0.717, 1.165) is 12.0 Å². The van der Waals surface area contributed by atoms with Crippen molar-refractivity contribution in [3.8, 4) is 5.75 Å². The molecule has 1 atom stereocenters. The highest BCUT2D eigenvalue weighted by molar-refractivity contribution is 7.98. The van der Waals surface area contributed by atoms with Crippen LogP contribution in [0.1, 0.15) is 53.9 Å². The van der Waals surface area contributed by atoms with Gasteiger partial charge in [-0.2, -0.15) is 11.8 Å². The van der Waals surface area contributed by atoms with Gasteiger partial charge in [0.1, 0.15) is 5.75 Å². The van der Waals surface area contributed by atoms with Gasteiger partial charge in [-0.3, -0.25) is 0 Å². The molecule has 0 radical (unpaired) electrons. The Morgan fingerprint density at radius 3 is 2.20 bits per heavy atom. The van der Waals surface area contributed by atoms with Gasteiger partial charge in [0.05, 0.1) is 5.56 Å². The van der Waals surface area contributed by atoms with E-state index in [4.69, 9.17) is 4.74 Å². The van der Waals surface area contributed by atoms with Crippen LogP contribution in [-0.2, 0) is 0 Å². The topological polar surface area (TPSA) is 26.3 Å². The van der Waals surface area contributed by atoms with E-state index in [2.05, 4.69) is 33.6 Å². The predicted molar refractivity (Wildman–Crippen MR) is 108 cm³/mol. The SMILES string of the molecule is C=Cc1ccc(OC(=O)c2ccc(C(CC(C)(C)C)SC)cc2)cc1. The molecule has 0 aliphatic heterocycles. The van der Waals surface area contributed by atoms with Crippen molar-refractivity contribution in [3.05, 3.63) is 71.8 Å². The van der Waals surface area contributed by atoms with Crippen molar-refractivity contribution in [1.82, 2.24) is 0 Å². The van der Waals surface area contributed by atoms with Gasteiger partial charge < -0.3 is 4.74 Å². The van der Waals surface area contributed by atoms with Crippen LogP contribution in [-0.4, -0.2) is 12.2 Å². The second-order valence-corrected chi connectivity index (χ2v) is 8.31. The molecule has 0 N–H and O–H groups in total. The minimum Gasteiger partial charge on any atom is -0.423 e. The Bertz CT molecular complexity index is 709. The van der Waals surface area contributed by atoms with Crippen LogP contribution in [0.5, 0.6) is 5.75 Å². The van der Waals surface area contributed by atoms with Crippen LogP contribution >= 0.6 is 11.8 Å². The number of ether oxygens (including phenoxy) is 1. The Hall–Kier alpha value is -2.00. The van der Waals surface area contributed by atoms with E-state index in [0.29, 0.717) is 16.6 Å². The highest BCUT2D eigenvalue weighted by Gasteiger charge is 2.20. The maximum Gasteiger partial charge on any atom is 0.343 e. The Morgan fingerprint density at radius 2 is 1.72 bits per heavy atom. The number of hydrogen-bond acceptors (Lipinski definition) is 3. The van der Waals surface area contributed by atoms with Crippen LogP contribution in [0, 0.1) is 5.41 Å². The number of benzene rings is 2. The molecule has 3 heteroatoms. The van der Waals surface area contributed by atoms with Crippen molar-refractivity contribution in [1.29, 1.82) is 0 Å². The molecule has 0 heterocycles. The van der Waals surface area contributed by atoms with Gasteiger partial charge in [0.25, 0.3) is 0 Å². The van der Waals surface area contributed by atoms with Crippen LogP contribution in [0.3, 0.4) is 0 Å². The summed E-state index contributed by atoms with van der Waals surface area (Å²) >= 11 is 1.85. The second-order valence-electron chi connectivity index (χ2n) is 7.27. The zero-order valence-corrected chi connectivity index (χ0v) is 16.2. The van der Waals surface area contributed by atoms with Crippen molar-refractivity contribution in [2.24, 2.45) is 5.41 Å².